The Kier molecular flexibility index (Phi) is 7.92. The average Bonchev–Trinajstić information content (AvgIpc) is 2.61. The molecule has 1 amide bonds. The fraction of sp³-hybridized carbons (Fsp3) is 0.846. The van der Waals surface area contributed by atoms with Crippen LogP contribution in [0.5, 0.6) is 0 Å². The van der Waals surface area contributed by atoms with E-state index in [1.165, 1.54) is 14.0 Å². The smallest absolute Gasteiger partial charge is 0.311 e. The molecule has 7 heteroatoms. The Morgan fingerprint density at radius 1 is 1.40 bits per heavy atom. The second-order valence-electron chi connectivity index (χ2n) is 5.51. The van der Waals surface area contributed by atoms with E-state index in [9.17, 15) is 14.7 Å². The van der Waals surface area contributed by atoms with Crippen LogP contribution in [0.4, 0.5) is 0 Å². The molecule has 5 atom stereocenters. The van der Waals surface area contributed by atoms with Gasteiger partial charge in [0.2, 0.25) is 5.91 Å². The summed E-state index contributed by atoms with van der Waals surface area (Å²) in [6.45, 7) is 5.25. The van der Waals surface area contributed by atoms with Gasteiger partial charge in [-0.05, 0) is 11.8 Å². The fourth-order valence-corrected chi connectivity index (χ4v) is 2.87. The maximum Gasteiger partial charge on any atom is 0.311 e. The summed E-state index contributed by atoms with van der Waals surface area (Å²) in [5.74, 6) is -1.73. The quantitative estimate of drug-likeness (QED) is 0.611. The number of aliphatic hydroxyl groups excluding tert-OH is 1. The van der Waals surface area contributed by atoms with E-state index in [-0.39, 0.29) is 45.4 Å². The Morgan fingerprint density at radius 3 is 2.35 bits per heavy atom. The maximum absolute atomic E-state index is 11.6. The van der Waals surface area contributed by atoms with Gasteiger partial charge in [0.05, 0.1) is 19.1 Å². The molecule has 0 bridgehead atoms. The van der Waals surface area contributed by atoms with Crippen molar-refractivity contribution in [1.82, 2.24) is 5.32 Å². The average molecular weight is 455 g/mol. The van der Waals surface area contributed by atoms with Crippen molar-refractivity contribution in [3.8, 4) is 0 Å². The van der Waals surface area contributed by atoms with Crippen LogP contribution in [-0.2, 0) is 35.4 Å². The number of carbonyl (C=O) groups excluding carboxylic acids is 2. The molecule has 6 nitrogen and oxygen atoms in total. The molecule has 3 N–H and O–H groups in total. The van der Waals surface area contributed by atoms with Crippen LogP contribution in [-0.4, -0.2) is 42.3 Å². The molecule has 0 heterocycles. The van der Waals surface area contributed by atoms with Gasteiger partial charge >= 0.3 is 5.97 Å². The van der Waals surface area contributed by atoms with E-state index in [0.29, 0.717) is 0 Å². The zero-order chi connectivity index (χ0) is 14.7. The summed E-state index contributed by atoms with van der Waals surface area (Å²) in [7, 11) is 1.27. The van der Waals surface area contributed by atoms with E-state index in [0.717, 1.165) is 0 Å². The van der Waals surface area contributed by atoms with E-state index < -0.39 is 30.0 Å². The summed E-state index contributed by atoms with van der Waals surface area (Å²) in [6, 6.07) is -0.900. The van der Waals surface area contributed by atoms with Crippen LogP contribution in [0.25, 0.3) is 5.73 Å². The minimum atomic E-state index is -0.950. The van der Waals surface area contributed by atoms with Crippen molar-refractivity contribution in [2.45, 2.75) is 45.4 Å². The van der Waals surface area contributed by atoms with Gasteiger partial charge in [-0.15, -0.1) is 6.04 Å². The topological polar surface area (TPSA) is 99.4 Å². The number of ether oxygens (including phenoxy) is 1. The third-order valence-electron chi connectivity index (χ3n) is 3.79. The fourth-order valence-electron chi connectivity index (χ4n) is 2.87. The molecule has 0 aromatic carbocycles. The van der Waals surface area contributed by atoms with Crippen molar-refractivity contribution in [3.05, 3.63) is 5.73 Å². The molecular formula is C13H23N2O4W-. The summed E-state index contributed by atoms with van der Waals surface area (Å²) in [4.78, 5) is 22.8. The summed E-state index contributed by atoms with van der Waals surface area (Å²) in [5.41, 5.74) is 8.07. The van der Waals surface area contributed by atoms with Gasteiger partial charge in [0.25, 0.3) is 0 Å². The first-order valence-electron chi connectivity index (χ1n) is 6.53. The number of amides is 1. The van der Waals surface area contributed by atoms with Gasteiger partial charge in [-0.2, -0.15) is 0 Å². The first-order chi connectivity index (χ1) is 8.79. The van der Waals surface area contributed by atoms with Crippen molar-refractivity contribution in [2.75, 3.05) is 7.11 Å². The Bertz CT molecular complexity index is 351. The van der Waals surface area contributed by atoms with Crippen molar-refractivity contribution >= 4 is 11.9 Å². The van der Waals surface area contributed by atoms with E-state index in [1.807, 2.05) is 13.8 Å². The largest absolute Gasteiger partial charge is 0.674 e. The molecule has 116 valence electrons. The van der Waals surface area contributed by atoms with Crippen LogP contribution in [0, 0.1) is 17.8 Å². The zero-order valence-electron chi connectivity index (χ0n) is 12.3. The zero-order valence-corrected chi connectivity index (χ0v) is 15.2. The van der Waals surface area contributed by atoms with Crippen LogP contribution < -0.4 is 5.32 Å². The van der Waals surface area contributed by atoms with Gasteiger partial charge < -0.3 is 20.9 Å². The van der Waals surface area contributed by atoms with Crippen molar-refractivity contribution < 1.29 is 40.5 Å². The summed E-state index contributed by atoms with van der Waals surface area (Å²) < 4.78 is 4.65. The number of aliphatic hydroxyl groups is 1. The van der Waals surface area contributed by atoms with Crippen LogP contribution in [0.15, 0.2) is 0 Å². The van der Waals surface area contributed by atoms with Crippen LogP contribution in [0.3, 0.4) is 0 Å². The molecule has 0 spiro atoms. The van der Waals surface area contributed by atoms with Crippen molar-refractivity contribution in [3.63, 3.8) is 0 Å². The molecule has 1 aliphatic carbocycles. The van der Waals surface area contributed by atoms with E-state index >= 15 is 0 Å². The summed E-state index contributed by atoms with van der Waals surface area (Å²) >= 11 is 0. The SMILES string of the molecule is COC(=O)C1CC([NH-])[C@H](C(NC(C)=O)C(C)C)C1O.[W]. The third-order valence-corrected chi connectivity index (χ3v) is 3.79. The second kappa shape index (κ2) is 8.10. The Balaban J connectivity index is 0.00000361. The third kappa shape index (κ3) is 4.27. The Morgan fingerprint density at radius 2 is 1.95 bits per heavy atom. The normalized spacial score (nSPS) is 30.6. The van der Waals surface area contributed by atoms with Crippen molar-refractivity contribution in [1.29, 1.82) is 0 Å². The molecule has 0 aromatic heterocycles. The molecule has 1 aliphatic rings. The van der Waals surface area contributed by atoms with Gasteiger partial charge in [-0.25, -0.2) is 0 Å². The van der Waals surface area contributed by atoms with Gasteiger partial charge in [0.1, 0.15) is 0 Å². The number of rotatable bonds is 4. The molecule has 1 saturated carbocycles. The molecule has 20 heavy (non-hydrogen) atoms. The first kappa shape index (κ1) is 19.5. The van der Waals surface area contributed by atoms with Crippen LogP contribution >= 0.6 is 0 Å². The van der Waals surface area contributed by atoms with E-state index in [2.05, 4.69) is 10.1 Å². The number of nitrogens with one attached hydrogen (secondary N) is 2. The minimum absolute atomic E-state index is 0. The molecule has 1 rings (SSSR count). The molecule has 0 saturated heterocycles. The number of hydrogen-bond acceptors (Lipinski definition) is 4. The predicted molar refractivity (Wildman–Crippen MR) is 70.2 cm³/mol. The molecular weight excluding hydrogens is 432 g/mol. The number of carbonyl (C=O) groups is 2. The van der Waals surface area contributed by atoms with Gasteiger partial charge in [-0.1, -0.05) is 20.3 Å². The van der Waals surface area contributed by atoms with Gasteiger partial charge in [-0.3, -0.25) is 9.59 Å². The van der Waals surface area contributed by atoms with E-state index in [4.69, 9.17) is 5.73 Å². The molecule has 4 unspecified atom stereocenters. The van der Waals surface area contributed by atoms with E-state index in [1.54, 1.807) is 0 Å². The minimum Gasteiger partial charge on any atom is -0.674 e. The molecule has 1 fully saturated rings. The van der Waals surface area contributed by atoms with Gasteiger partial charge in [0, 0.05) is 34.0 Å². The number of esters is 1. The second-order valence-corrected chi connectivity index (χ2v) is 5.51. The van der Waals surface area contributed by atoms with Gasteiger partial charge in [0.15, 0.2) is 0 Å². The molecule has 0 aromatic rings. The molecule has 0 aliphatic heterocycles. The van der Waals surface area contributed by atoms with Crippen LogP contribution in [0.2, 0.25) is 0 Å². The summed E-state index contributed by atoms with van der Waals surface area (Å²) in [5, 5.41) is 13.1. The Hall–Kier alpha value is -0.452. The van der Waals surface area contributed by atoms with Crippen LogP contribution in [0.1, 0.15) is 27.2 Å². The number of methoxy groups -OCH3 is 1. The maximum atomic E-state index is 11.6. The van der Waals surface area contributed by atoms with Crippen molar-refractivity contribution in [2.24, 2.45) is 17.8 Å². The monoisotopic (exact) mass is 455 g/mol. The molecule has 0 radical (unpaired) electrons. The Labute approximate surface area is 134 Å². The summed E-state index contributed by atoms with van der Waals surface area (Å²) in [6.07, 6.45) is -0.685. The standard InChI is InChI=1S/C13H23N2O4.W/c1-6(2)11(15-7(3)16)10-9(14)5-8(12(10)17)13(18)19-4;/h6,8-12,14,17H,5H2,1-4H3,(H,15,16);/q-1;/t8?,9?,10-,11?,12?;/m1./s1. The first-order valence-corrected chi connectivity index (χ1v) is 6.53. The number of hydrogen-bond donors (Lipinski definition) is 2. The predicted octanol–water partition coefficient (Wildman–Crippen LogP) is 0.735.